The molecule has 0 bridgehead atoms. The van der Waals surface area contributed by atoms with Crippen LogP contribution in [0.5, 0.6) is 0 Å². The van der Waals surface area contributed by atoms with Gasteiger partial charge in [-0.15, -0.1) is 11.3 Å². The van der Waals surface area contributed by atoms with Crippen LogP contribution in [-0.4, -0.2) is 15.2 Å². The fraction of sp³-hybridized carbons (Fsp3) is 0.522. The molecule has 0 radical (unpaired) electrons. The summed E-state index contributed by atoms with van der Waals surface area (Å²) >= 11 is 0.884. The Bertz CT molecular complexity index is 1090. The average Bonchev–Trinajstić information content (AvgIpc) is 3.26. The molecule has 1 aromatic heterocycles. The molecule has 5 nitrogen and oxygen atoms in total. The van der Waals surface area contributed by atoms with Crippen molar-refractivity contribution < 1.29 is 23.2 Å². The zero-order valence-electron chi connectivity index (χ0n) is 18.8. The summed E-state index contributed by atoms with van der Waals surface area (Å²) in [5, 5.41) is 10.1. The van der Waals surface area contributed by atoms with Crippen LogP contribution in [0.4, 0.5) is 4.39 Å². The number of thiophene rings is 1. The molecule has 170 valence electrons. The van der Waals surface area contributed by atoms with E-state index in [-0.39, 0.29) is 22.5 Å². The van der Waals surface area contributed by atoms with E-state index in [9.17, 15) is 18.5 Å². The van der Waals surface area contributed by atoms with Crippen molar-refractivity contribution >= 4 is 27.8 Å². The minimum Gasteiger partial charge on any atom is -0.385 e. The van der Waals surface area contributed by atoms with Crippen LogP contribution in [0.2, 0.25) is 0 Å². The van der Waals surface area contributed by atoms with Crippen molar-refractivity contribution in [2.45, 2.75) is 82.8 Å². The molecule has 1 N–H and O–H groups in total. The molecule has 0 saturated heterocycles. The van der Waals surface area contributed by atoms with E-state index >= 15 is 0 Å². The number of amides is 1. The number of fused-ring (bicyclic) bond motifs is 1. The second kappa shape index (κ2) is 9.10. The van der Waals surface area contributed by atoms with Crippen LogP contribution in [0, 0.1) is 5.82 Å². The Morgan fingerprint density at radius 3 is 2.48 bits per heavy atom. The van der Waals surface area contributed by atoms with Gasteiger partial charge in [0.05, 0.1) is 35.8 Å². The Balaban J connectivity index is 1.99. The van der Waals surface area contributed by atoms with Gasteiger partial charge in [0.15, 0.2) is 5.82 Å². The number of ether oxygens (including phenoxy) is 1. The first-order chi connectivity index (χ1) is 14.4. The van der Waals surface area contributed by atoms with E-state index in [0.29, 0.717) is 18.1 Å². The van der Waals surface area contributed by atoms with Gasteiger partial charge >= 0.3 is 0 Å². The molecule has 0 spiro atoms. The van der Waals surface area contributed by atoms with E-state index < -0.39 is 27.9 Å². The maximum absolute atomic E-state index is 14.3. The van der Waals surface area contributed by atoms with E-state index in [4.69, 9.17) is 4.74 Å². The highest BCUT2D eigenvalue weighted by Crippen LogP contribution is 2.37. The maximum atomic E-state index is 14.3. The van der Waals surface area contributed by atoms with Gasteiger partial charge in [0.1, 0.15) is 4.21 Å². The number of carbonyl (C=O) groups is 1. The minimum atomic E-state index is -2.58. The van der Waals surface area contributed by atoms with Gasteiger partial charge in [0.2, 0.25) is 0 Å². The molecule has 1 aliphatic rings. The van der Waals surface area contributed by atoms with Crippen molar-refractivity contribution in [3.8, 4) is 0 Å². The van der Waals surface area contributed by atoms with Crippen LogP contribution in [0.15, 0.2) is 20.7 Å². The molecule has 1 unspecified atom stereocenters. The van der Waals surface area contributed by atoms with Gasteiger partial charge in [-0.3, -0.25) is 4.79 Å². The number of nitrogens with zero attached hydrogens (tertiary/aromatic N) is 1. The summed E-state index contributed by atoms with van der Waals surface area (Å²) < 4.78 is 36.3. The third-order valence-corrected chi connectivity index (χ3v) is 8.33. The second-order valence-corrected chi connectivity index (χ2v) is 11.6. The van der Waals surface area contributed by atoms with Crippen LogP contribution in [0.3, 0.4) is 0 Å². The fourth-order valence-electron chi connectivity index (χ4n) is 3.97. The molecule has 2 aromatic rings. The SMILES string of the molecule is CC(C)c1cc2c(c(C(C)C)c1CC(=O)/N=[SH](=O)/c1sc(C(C)(C)O)cc1F)COC2. The number of aliphatic hydroxyl groups is 1. The van der Waals surface area contributed by atoms with Crippen molar-refractivity contribution in [3.05, 3.63) is 50.6 Å². The zero-order chi connectivity index (χ0) is 23.1. The van der Waals surface area contributed by atoms with E-state index in [1.807, 2.05) is 0 Å². The number of benzene rings is 1. The molecule has 1 amide bonds. The molecule has 1 aliphatic heterocycles. The lowest BCUT2D eigenvalue weighted by Gasteiger charge is -2.22. The van der Waals surface area contributed by atoms with E-state index in [1.54, 1.807) is 0 Å². The number of thiol groups is 1. The molecule has 8 heteroatoms. The minimum absolute atomic E-state index is 0.0146. The first-order valence-electron chi connectivity index (χ1n) is 10.4. The van der Waals surface area contributed by atoms with E-state index in [0.717, 1.165) is 45.2 Å². The number of halogens is 1. The van der Waals surface area contributed by atoms with E-state index in [1.165, 1.54) is 13.8 Å². The van der Waals surface area contributed by atoms with Crippen molar-refractivity contribution in [2.24, 2.45) is 4.36 Å². The van der Waals surface area contributed by atoms with Crippen LogP contribution in [0.1, 0.15) is 86.1 Å². The monoisotopic (exact) mass is 467 g/mol. The highest BCUT2D eigenvalue weighted by atomic mass is 32.2. The van der Waals surface area contributed by atoms with Crippen molar-refractivity contribution in [1.82, 2.24) is 0 Å². The van der Waals surface area contributed by atoms with Crippen molar-refractivity contribution in [2.75, 3.05) is 0 Å². The summed E-state index contributed by atoms with van der Waals surface area (Å²) in [5.41, 5.74) is 4.11. The molecular formula is C23H30FNO4S2. The average molecular weight is 468 g/mol. The quantitative estimate of drug-likeness (QED) is 0.574. The van der Waals surface area contributed by atoms with Gasteiger partial charge < -0.3 is 9.84 Å². The van der Waals surface area contributed by atoms with Crippen LogP contribution < -0.4 is 0 Å². The molecule has 0 saturated carbocycles. The Labute approximate surface area is 188 Å². The predicted molar refractivity (Wildman–Crippen MR) is 122 cm³/mol. The zero-order valence-corrected chi connectivity index (χ0v) is 20.5. The second-order valence-electron chi connectivity index (χ2n) is 9.06. The Morgan fingerprint density at radius 1 is 1.26 bits per heavy atom. The molecule has 0 aliphatic carbocycles. The predicted octanol–water partition coefficient (Wildman–Crippen LogP) is 5.18. The highest BCUT2D eigenvalue weighted by Gasteiger charge is 2.26. The van der Waals surface area contributed by atoms with Gasteiger partial charge in [0, 0.05) is 4.88 Å². The van der Waals surface area contributed by atoms with Crippen molar-refractivity contribution in [1.29, 1.82) is 0 Å². The smallest absolute Gasteiger partial charge is 0.258 e. The summed E-state index contributed by atoms with van der Waals surface area (Å²) in [5.74, 6) is -0.861. The molecular weight excluding hydrogens is 437 g/mol. The maximum Gasteiger partial charge on any atom is 0.258 e. The normalized spacial score (nSPS) is 15.2. The van der Waals surface area contributed by atoms with Gasteiger partial charge in [-0.1, -0.05) is 33.8 Å². The molecule has 0 fully saturated rings. The lowest BCUT2D eigenvalue weighted by molar-refractivity contribution is -0.117. The Kier molecular flexibility index (Phi) is 7.05. The molecule has 1 aromatic carbocycles. The number of rotatable bonds is 6. The summed E-state index contributed by atoms with van der Waals surface area (Å²) in [7, 11) is -2.58. The van der Waals surface area contributed by atoms with Crippen LogP contribution in [-0.2, 0) is 45.4 Å². The standard InChI is InChI=1S/C23H30FNO4S2/c1-12(2)15-7-14-10-29-11-17(14)21(13(3)4)16(15)8-20(26)25-31(28)22-18(24)9-19(30-22)23(5,6)27/h7,9,12-13,27,31H,8,10-11H2,1-6H3. The number of carbonyl (C=O) groups excluding carboxylic acids is 1. The van der Waals surface area contributed by atoms with Crippen LogP contribution in [0.25, 0.3) is 0 Å². The number of hydrogen-bond donors (Lipinski definition) is 2. The molecule has 2 heterocycles. The first-order valence-corrected chi connectivity index (χ1v) is 12.4. The van der Waals surface area contributed by atoms with Crippen molar-refractivity contribution in [3.63, 3.8) is 0 Å². The largest absolute Gasteiger partial charge is 0.385 e. The van der Waals surface area contributed by atoms with Crippen LogP contribution >= 0.6 is 11.3 Å². The molecule has 1 atom stereocenters. The Hall–Kier alpha value is -1.61. The summed E-state index contributed by atoms with van der Waals surface area (Å²) in [6.45, 7) is 12.5. The summed E-state index contributed by atoms with van der Waals surface area (Å²) in [4.78, 5) is 13.2. The van der Waals surface area contributed by atoms with Gasteiger partial charge in [-0.25, -0.2) is 8.60 Å². The lowest BCUT2D eigenvalue weighted by atomic mass is 9.82. The number of hydrogen-bond acceptors (Lipinski definition) is 5. The third-order valence-electron chi connectivity index (χ3n) is 5.40. The van der Waals surface area contributed by atoms with Gasteiger partial charge in [-0.05, 0) is 59.6 Å². The lowest BCUT2D eigenvalue weighted by Crippen LogP contribution is -2.12. The van der Waals surface area contributed by atoms with Gasteiger partial charge in [0.25, 0.3) is 5.91 Å². The third kappa shape index (κ3) is 5.08. The fourth-order valence-corrected chi connectivity index (χ4v) is 6.09. The molecule has 3 rings (SSSR count). The van der Waals surface area contributed by atoms with Gasteiger partial charge in [-0.2, -0.15) is 4.36 Å². The topological polar surface area (TPSA) is 76.0 Å². The summed E-state index contributed by atoms with van der Waals surface area (Å²) in [6, 6.07) is 3.26. The highest BCUT2D eigenvalue weighted by molar-refractivity contribution is 7.78. The Morgan fingerprint density at radius 2 is 1.94 bits per heavy atom. The summed E-state index contributed by atoms with van der Waals surface area (Å²) in [6.07, 6.45) is 0.0146. The first kappa shape index (κ1) is 24.0. The van der Waals surface area contributed by atoms with E-state index in [2.05, 4.69) is 38.1 Å². The molecule has 31 heavy (non-hydrogen) atoms.